The summed E-state index contributed by atoms with van der Waals surface area (Å²) in [5.41, 5.74) is 0.753. The molecular weight excluding hydrogens is 334 g/mol. The van der Waals surface area contributed by atoms with E-state index in [-0.39, 0.29) is 17.5 Å². The number of carboxylic acid groups (broad SMARTS) is 1. The average molecular weight is 357 g/mol. The van der Waals surface area contributed by atoms with Crippen molar-refractivity contribution in [1.82, 2.24) is 15.1 Å². The summed E-state index contributed by atoms with van der Waals surface area (Å²) in [6.45, 7) is 2.80. The van der Waals surface area contributed by atoms with Gasteiger partial charge in [-0.3, -0.25) is 9.69 Å². The molecule has 0 saturated carbocycles. The first-order valence-corrected chi connectivity index (χ1v) is 8.55. The van der Waals surface area contributed by atoms with Crippen LogP contribution in [0, 0.1) is 0 Å². The first kappa shape index (κ1) is 18.2. The zero-order valence-electron chi connectivity index (χ0n) is 14.9. The van der Waals surface area contributed by atoms with Crippen LogP contribution in [0.25, 0.3) is 11.3 Å². The minimum Gasteiger partial charge on any atom is -0.478 e. The normalized spacial score (nSPS) is 18.6. The number of likely N-dealkylation sites (N-methyl/N-ethyl adjacent to an activating group) is 2. The van der Waals surface area contributed by atoms with Crippen LogP contribution in [0.5, 0.6) is 0 Å². The Hall–Kier alpha value is -2.64. The number of hydrogen-bond acceptors (Lipinski definition) is 5. The van der Waals surface area contributed by atoms with Gasteiger partial charge in [-0.05, 0) is 25.2 Å². The van der Waals surface area contributed by atoms with Gasteiger partial charge in [-0.1, -0.05) is 18.2 Å². The predicted octanol–water partition coefficient (Wildman–Crippen LogP) is 1.51. The topological polar surface area (TPSA) is 86.0 Å². The fraction of sp³-hybridized carbons (Fsp3) is 0.368. The van der Waals surface area contributed by atoms with E-state index in [9.17, 15) is 14.7 Å². The monoisotopic (exact) mass is 357 g/mol. The van der Waals surface area contributed by atoms with Gasteiger partial charge in [0.2, 0.25) is 5.91 Å². The summed E-state index contributed by atoms with van der Waals surface area (Å²) in [5, 5.41) is 12.1. The largest absolute Gasteiger partial charge is 0.478 e. The van der Waals surface area contributed by atoms with Gasteiger partial charge in [-0.25, -0.2) is 4.79 Å². The third-order valence-corrected chi connectivity index (χ3v) is 4.69. The van der Waals surface area contributed by atoms with Crippen molar-refractivity contribution in [3.63, 3.8) is 0 Å². The van der Waals surface area contributed by atoms with Crippen LogP contribution >= 0.6 is 0 Å². The second-order valence-corrected chi connectivity index (χ2v) is 6.48. The lowest BCUT2D eigenvalue weighted by Crippen LogP contribution is -2.57. The number of piperazine rings is 1. The molecule has 0 spiro atoms. The fourth-order valence-electron chi connectivity index (χ4n) is 3.25. The molecule has 1 aliphatic heterocycles. The summed E-state index contributed by atoms with van der Waals surface area (Å²) in [6.07, 6.45) is 0. The van der Waals surface area contributed by atoms with Crippen LogP contribution in [0.1, 0.15) is 16.1 Å². The highest BCUT2D eigenvalue weighted by atomic mass is 16.4. The molecule has 0 unspecified atom stereocenters. The molecule has 2 aromatic rings. The lowest BCUT2D eigenvalue weighted by molar-refractivity contribution is -0.128. The van der Waals surface area contributed by atoms with Gasteiger partial charge in [-0.15, -0.1) is 0 Å². The summed E-state index contributed by atoms with van der Waals surface area (Å²) < 4.78 is 5.90. The minimum absolute atomic E-state index is 0.0143. The molecule has 2 heterocycles. The van der Waals surface area contributed by atoms with Gasteiger partial charge in [0.25, 0.3) is 0 Å². The molecule has 1 amide bonds. The van der Waals surface area contributed by atoms with Gasteiger partial charge in [0, 0.05) is 32.2 Å². The zero-order chi connectivity index (χ0) is 18.7. The Kier molecular flexibility index (Phi) is 5.39. The maximum Gasteiger partial charge on any atom is 0.336 e. The summed E-state index contributed by atoms with van der Waals surface area (Å²) in [4.78, 5) is 27.8. The minimum atomic E-state index is -0.989. The maximum absolute atomic E-state index is 12.2. The summed E-state index contributed by atoms with van der Waals surface area (Å²) in [7, 11) is 3.64. The number of carboxylic acids is 1. The summed E-state index contributed by atoms with van der Waals surface area (Å²) in [6, 6.07) is 10.1. The molecule has 1 fully saturated rings. The number of benzene rings is 1. The van der Waals surface area contributed by atoms with Crippen LogP contribution in [-0.2, 0) is 11.3 Å². The molecular formula is C19H23N3O4. The van der Waals surface area contributed by atoms with Gasteiger partial charge in [-0.2, -0.15) is 0 Å². The summed E-state index contributed by atoms with van der Waals surface area (Å²) >= 11 is 0. The number of aromatic carboxylic acids is 1. The van der Waals surface area contributed by atoms with E-state index in [1.54, 1.807) is 37.4 Å². The van der Waals surface area contributed by atoms with Crippen LogP contribution in [0.3, 0.4) is 0 Å². The number of carbonyl (C=O) groups excluding carboxylic acids is 1. The Balaban J connectivity index is 1.80. The van der Waals surface area contributed by atoms with E-state index in [0.29, 0.717) is 30.2 Å². The Morgan fingerprint density at radius 1 is 1.23 bits per heavy atom. The van der Waals surface area contributed by atoms with Crippen LogP contribution in [-0.4, -0.2) is 66.6 Å². The maximum atomic E-state index is 12.2. The number of carbonyl (C=O) groups is 2. The molecule has 2 N–H and O–H groups in total. The van der Waals surface area contributed by atoms with Crippen molar-refractivity contribution in [2.75, 3.05) is 33.7 Å². The van der Waals surface area contributed by atoms with Crippen molar-refractivity contribution < 1.29 is 19.1 Å². The van der Waals surface area contributed by atoms with Gasteiger partial charge >= 0.3 is 5.97 Å². The molecule has 0 bridgehead atoms. The van der Waals surface area contributed by atoms with E-state index in [4.69, 9.17) is 4.42 Å². The second kappa shape index (κ2) is 7.72. The van der Waals surface area contributed by atoms with Crippen molar-refractivity contribution in [2.24, 2.45) is 0 Å². The highest BCUT2D eigenvalue weighted by Crippen LogP contribution is 2.27. The van der Waals surface area contributed by atoms with E-state index >= 15 is 0 Å². The summed E-state index contributed by atoms with van der Waals surface area (Å²) in [5.74, 6) is 0.221. The lowest BCUT2D eigenvalue weighted by atomic mass is 10.1. The van der Waals surface area contributed by atoms with Crippen LogP contribution < -0.4 is 5.32 Å². The Morgan fingerprint density at radius 2 is 2.00 bits per heavy atom. The number of rotatable bonds is 5. The average Bonchev–Trinajstić information content (AvgIpc) is 3.11. The van der Waals surface area contributed by atoms with E-state index in [2.05, 4.69) is 15.1 Å². The molecule has 0 aliphatic carbocycles. The highest BCUT2D eigenvalue weighted by molar-refractivity contribution is 5.95. The highest BCUT2D eigenvalue weighted by Gasteiger charge is 2.31. The molecule has 1 aromatic heterocycles. The first-order chi connectivity index (χ1) is 12.5. The van der Waals surface area contributed by atoms with Crippen LogP contribution in [0.2, 0.25) is 0 Å². The standard InChI is InChI=1S/C19H23N3O4/c1-20-18(23)16-12-21(2)9-10-22(16)11-13-7-8-17(26-13)14-5-3-4-6-15(14)19(24)25/h3-8,16H,9-12H2,1-2H3,(H,20,23)(H,24,25)/t16-/m1/s1. The van der Waals surface area contributed by atoms with E-state index in [1.165, 1.54) is 0 Å². The third kappa shape index (κ3) is 3.79. The molecule has 7 nitrogen and oxygen atoms in total. The van der Waals surface area contributed by atoms with Crippen molar-refractivity contribution in [1.29, 1.82) is 0 Å². The van der Waals surface area contributed by atoms with Gasteiger partial charge in [0.15, 0.2) is 0 Å². The molecule has 138 valence electrons. The molecule has 1 saturated heterocycles. The molecule has 1 aliphatic rings. The van der Waals surface area contributed by atoms with Gasteiger partial charge < -0.3 is 19.7 Å². The number of furan rings is 1. The first-order valence-electron chi connectivity index (χ1n) is 8.55. The molecule has 7 heteroatoms. The molecule has 1 atom stereocenters. The smallest absolute Gasteiger partial charge is 0.336 e. The van der Waals surface area contributed by atoms with Crippen molar-refractivity contribution in [3.8, 4) is 11.3 Å². The van der Waals surface area contributed by atoms with E-state index < -0.39 is 5.97 Å². The van der Waals surface area contributed by atoms with Crippen molar-refractivity contribution in [2.45, 2.75) is 12.6 Å². The molecule has 1 aromatic carbocycles. The second-order valence-electron chi connectivity index (χ2n) is 6.48. The quantitative estimate of drug-likeness (QED) is 0.844. The van der Waals surface area contributed by atoms with Crippen LogP contribution in [0.4, 0.5) is 0 Å². The van der Waals surface area contributed by atoms with Crippen LogP contribution in [0.15, 0.2) is 40.8 Å². The fourth-order valence-corrected chi connectivity index (χ4v) is 3.25. The SMILES string of the molecule is CNC(=O)[C@H]1CN(C)CCN1Cc1ccc(-c2ccccc2C(=O)O)o1. The Bertz CT molecular complexity index is 802. The third-order valence-electron chi connectivity index (χ3n) is 4.69. The van der Waals surface area contributed by atoms with Crippen molar-refractivity contribution in [3.05, 3.63) is 47.7 Å². The van der Waals surface area contributed by atoms with E-state index in [1.807, 2.05) is 13.1 Å². The number of nitrogens with one attached hydrogen (secondary N) is 1. The van der Waals surface area contributed by atoms with Crippen molar-refractivity contribution >= 4 is 11.9 Å². The Morgan fingerprint density at radius 3 is 2.73 bits per heavy atom. The number of nitrogens with zero attached hydrogens (tertiary/aromatic N) is 2. The zero-order valence-corrected chi connectivity index (χ0v) is 14.9. The van der Waals surface area contributed by atoms with Gasteiger partial charge in [0.1, 0.15) is 17.6 Å². The van der Waals surface area contributed by atoms with E-state index in [0.717, 1.165) is 13.1 Å². The predicted molar refractivity (Wildman–Crippen MR) is 96.9 cm³/mol. The van der Waals surface area contributed by atoms with Gasteiger partial charge in [0.05, 0.1) is 12.1 Å². The number of hydrogen-bond donors (Lipinski definition) is 2. The molecule has 26 heavy (non-hydrogen) atoms. The molecule has 0 radical (unpaired) electrons. The molecule has 3 rings (SSSR count). The Labute approximate surface area is 152 Å². The number of amides is 1. The lowest BCUT2D eigenvalue weighted by Gasteiger charge is -2.38.